The smallest absolute Gasteiger partial charge is 0.117 e. The van der Waals surface area contributed by atoms with Crippen molar-refractivity contribution in [3.63, 3.8) is 0 Å². The van der Waals surface area contributed by atoms with Crippen LogP contribution in [-0.2, 0) is 6.54 Å². The van der Waals surface area contributed by atoms with Gasteiger partial charge >= 0.3 is 0 Å². The molecule has 0 spiro atoms. The van der Waals surface area contributed by atoms with Gasteiger partial charge in [-0.25, -0.2) is 0 Å². The average molecular weight is 266 g/mol. The lowest BCUT2D eigenvalue weighted by molar-refractivity contribution is 0.144. The van der Waals surface area contributed by atoms with Gasteiger partial charge in [-0.05, 0) is 45.4 Å². The van der Waals surface area contributed by atoms with E-state index in [2.05, 4.69) is 37.9 Å². The van der Waals surface area contributed by atoms with E-state index in [9.17, 15) is 0 Å². The van der Waals surface area contributed by atoms with Crippen molar-refractivity contribution in [2.45, 2.75) is 65.6 Å². The summed E-state index contributed by atoms with van der Waals surface area (Å²) in [7, 11) is 0. The normalized spacial score (nSPS) is 14.8. The Morgan fingerprint density at radius 2 is 2.05 bits per heavy atom. The van der Waals surface area contributed by atoms with Crippen molar-refractivity contribution < 1.29 is 4.42 Å². The number of hydrogen-bond acceptors (Lipinski definition) is 3. The molecular formula is C16H30N2O. The molecule has 0 aliphatic rings. The fourth-order valence-electron chi connectivity index (χ4n) is 2.39. The molecule has 3 heteroatoms. The molecule has 0 aliphatic carbocycles. The van der Waals surface area contributed by atoms with Gasteiger partial charge in [0, 0.05) is 18.6 Å². The second-order valence-corrected chi connectivity index (χ2v) is 5.41. The molecule has 110 valence electrons. The van der Waals surface area contributed by atoms with Crippen LogP contribution in [0, 0.1) is 0 Å². The minimum atomic E-state index is 0.566. The SMILES string of the molecule is CCCCN(C(C)CC)C(C)CNCc1ccco1. The molecule has 0 saturated carbocycles. The number of unbranched alkanes of at least 4 members (excludes halogenated alkanes) is 1. The summed E-state index contributed by atoms with van der Waals surface area (Å²) in [4.78, 5) is 2.62. The Morgan fingerprint density at radius 1 is 1.26 bits per heavy atom. The van der Waals surface area contributed by atoms with Crippen LogP contribution in [-0.4, -0.2) is 30.1 Å². The van der Waals surface area contributed by atoms with Crippen molar-refractivity contribution in [2.75, 3.05) is 13.1 Å². The molecule has 0 aliphatic heterocycles. The number of hydrogen-bond donors (Lipinski definition) is 1. The van der Waals surface area contributed by atoms with Gasteiger partial charge in [0.2, 0.25) is 0 Å². The molecule has 1 heterocycles. The Labute approximate surface area is 118 Å². The molecule has 0 bridgehead atoms. The summed E-state index contributed by atoms with van der Waals surface area (Å²) in [6.45, 7) is 12.2. The Kier molecular flexibility index (Phi) is 7.84. The first-order valence-corrected chi connectivity index (χ1v) is 7.67. The zero-order chi connectivity index (χ0) is 14.1. The fourth-order valence-corrected chi connectivity index (χ4v) is 2.39. The second kappa shape index (κ2) is 9.16. The summed E-state index contributed by atoms with van der Waals surface area (Å²) in [5, 5.41) is 3.49. The highest BCUT2D eigenvalue weighted by atomic mass is 16.3. The van der Waals surface area contributed by atoms with Crippen molar-refractivity contribution in [2.24, 2.45) is 0 Å². The van der Waals surface area contributed by atoms with E-state index in [1.54, 1.807) is 6.26 Å². The van der Waals surface area contributed by atoms with Gasteiger partial charge in [-0.3, -0.25) is 4.90 Å². The summed E-state index contributed by atoms with van der Waals surface area (Å²) in [6.07, 6.45) is 5.49. The van der Waals surface area contributed by atoms with E-state index in [0.717, 1.165) is 18.8 Å². The summed E-state index contributed by atoms with van der Waals surface area (Å²) < 4.78 is 5.33. The third-order valence-corrected chi connectivity index (χ3v) is 3.81. The quantitative estimate of drug-likeness (QED) is 0.700. The van der Waals surface area contributed by atoms with Gasteiger partial charge in [0.1, 0.15) is 5.76 Å². The van der Waals surface area contributed by atoms with Crippen molar-refractivity contribution >= 4 is 0 Å². The van der Waals surface area contributed by atoms with E-state index in [4.69, 9.17) is 4.42 Å². The molecule has 1 aromatic rings. The lowest BCUT2D eigenvalue weighted by Crippen LogP contribution is -2.45. The average Bonchev–Trinajstić information content (AvgIpc) is 2.92. The fraction of sp³-hybridized carbons (Fsp3) is 0.750. The van der Waals surface area contributed by atoms with Gasteiger partial charge in [0.05, 0.1) is 12.8 Å². The summed E-state index contributed by atoms with van der Waals surface area (Å²) >= 11 is 0. The van der Waals surface area contributed by atoms with Gasteiger partial charge in [0.25, 0.3) is 0 Å². The van der Waals surface area contributed by atoms with Gasteiger partial charge < -0.3 is 9.73 Å². The predicted octanol–water partition coefficient (Wildman–Crippen LogP) is 3.66. The first-order chi connectivity index (χ1) is 9.19. The molecule has 19 heavy (non-hydrogen) atoms. The van der Waals surface area contributed by atoms with Crippen LogP contribution in [0.25, 0.3) is 0 Å². The Balaban J connectivity index is 2.35. The Morgan fingerprint density at radius 3 is 2.63 bits per heavy atom. The highest BCUT2D eigenvalue weighted by Crippen LogP contribution is 2.10. The maximum absolute atomic E-state index is 5.33. The summed E-state index contributed by atoms with van der Waals surface area (Å²) in [6, 6.07) is 5.18. The van der Waals surface area contributed by atoms with E-state index in [0.29, 0.717) is 12.1 Å². The standard InChI is InChI=1S/C16H30N2O/c1-5-7-10-18(14(3)6-2)15(4)12-17-13-16-9-8-11-19-16/h8-9,11,14-15,17H,5-7,10,12-13H2,1-4H3. The maximum atomic E-state index is 5.33. The lowest BCUT2D eigenvalue weighted by Gasteiger charge is -2.34. The van der Waals surface area contributed by atoms with Gasteiger partial charge in [-0.2, -0.15) is 0 Å². The molecule has 0 aromatic carbocycles. The van der Waals surface area contributed by atoms with Crippen LogP contribution in [0.15, 0.2) is 22.8 Å². The third-order valence-electron chi connectivity index (χ3n) is 3.81. The molecule has 3 nitrogen and oxygen atoms in total. The van der Waals surface area contributed by atoms with Crippen LogP contribution in [0.1, 0.15) is 52.7 Å². The predicted molar refractivity (Wildman–Crippen MR) is 81.2 cm³/mol. The Hall–Kier alpha value is -0.800. The maximum Gasteiger partial charge on any atom is 0.117 e. The number of rotatable bonds is 10. The Bertz CT molecular complexity index is 311. The summed E-state index contributed by atoms with van der Waals surface area (Å²) in [5.74, 6) is 1.01. The highest BCUT2D eigenvalue weighted by Gasteiger charge is 2.17. The molecule has 0 fully saturated rings. The lowest BCUT2D eigenvalue weighted by atomic mass is 10.1. The van der Waals surface area contributed by atoms with Crippen LogP contribution in [0.4, 0.5) is 0 Å². The van der Waals surface area contributed by atoms with Crippen molar-refractivity contribution in [1.29, 1.82) is 0 Å². The molecule has 0 amide bonds. The van der Waals surface area contributed by atoms with Crippen molar-refractivity contribution in [1.82, 2.24) is 10.2 Å². The molecule has 2 atom stereocenters. The van der Waals surface area contributed by atoms with Crippen molar-refractivity contribution in [3.05, 3.63) is 24.2 Å². The monoisotopic (exact) mass is 266 g/mol. The van der Waals surface area contributed by atoms with Gasteiger partial charge in [-0.1, -0.05) is 20.3 Å². The van der Waals surface area contributed by atoms with Crippen LogP contribution in [0.3, 0.4) is 0 Å². The van der Waals surface area contributed by atoms with Crippen LogP contribution >= 0.6 is 0 Å². The molecule has 1 N–H and O–H groups in total. The van der Waals surface area contributed by atoms with E-state index < -0.39 is 0 Å². The summed E-state index contributed by atoms with van der Waals surface area (Å²) in [5.41, 5.74) is 0. The van der Waals surface area contributed by atoms with Gasteiger partial charge in [0.15, 0.2) is 0 Å². The van der Waals surface area contributed by atoms with E-state index in [1.165, 1.54) is 25.8 Å². The number of furan rings is 1. The molecular weight excluding hydrogens is 236 g/mol. The van der Waals surface area contributed by atoms with Crippen LogP contribution in [0.2, 0.25) is 0 Å². The number of nitrogens with zero attached hydrogens (tertiary/aromatic N) is 1. The zero-order valence-electron chi connectivity index (χ0n) is 13.0. The first kappa shape index (κ1) is 16.3. The van der Waals surface area contributed by atoms with Crippen LogP contribution in [0.5, 0.6) is 0 Å². The van der Waals surface area contributed by atoms with Gasteiger partial charge in [-0.15, -0.1) is 0 Å². The second-order valence-electron chi connectivity index (χ2n) is 5.41. The molecule has 2 unspecified atom stereocenters. The molecule has 1 aromatic heterocycles. The first-order valence-electron chi connectivity index (χ1n) is 7.67. The van der Waals surface area contributed by atoms with E-state index in [-0.39, 0.29) is 0 Å². The third kappa shape index (κ3) is 5.79. The molecule has 1 rings (SSSR count). The zero-order valence-corrected chi connectivity index (χ0v) is 13.0. The minimum Gasteiger partial charge on any atom is -0.468 e. The minimum absolute atomic E-state index is 0.566. The van der Waals surface area contributed by atoms with Crippen molar-refractivity contribution in [3.8, 4) is 0 Å². The highest BCUT2D eigenvalue weighted by molar-refractivity contribution is 4.97. The van der Waals surface area contributed by atoms with E-state index in [1.807, 2.05) is 12.1 Å². The topological polar surface area (TPSA) is 28.4 Å². The molecule has 0 saturated heterocycles. The van der Waals surface area contributed by atoms with Crippen LogP contribution < -0.4 is 5.32 Å². The van der Waals surface area contributed by atoms with E-state index >= 15 is 0 Å². The molecule has 0 radical (unpaired) electrons. The largest absolute Gasteiger partial charge is 0.468 e. The number of nitrogens with one attached hydrogen (secondary N) is 1.